The normalized spacial score (nSPS) is 14.1. The Balaban J connectivity index is 1.63. The Hall–Kier alpha value is -2.89. The molecule has 140 valence electrons. The van der Waals surface area contributed by atoms with Crippen molar-refractivity contribution in [1.29, 1.82) is 0 Å². The van der Waals surface area contributed by atoms with Crippen LogP contribution in [0, 0.1) is 13.8 Å². The Morgan fingerprint density at radius 1 is 0.963 bits per heavy atom. The Labute approximate surface area is 159 Å². The zero-order chi connectivity index (χ0) is 19.1. The van der Waals surface area contributed by atoms with Gasteiger partial charge in [-0.1, -0.05) is 30.3 Å². The van der Waals surface area contributed by atoms with Gasteiger partial charge in [-0.25, -0.2) is 0 Å². The van der Waals surface area contributed by atoms with Gasteiger partial charge in [0, 0.05) is 56.0 Å². The topological polar surface area (TPSA) is 56.0 Å². The number of hydrogen-bond acceptors (Lipinski definition) is 3. The predicted octanol–water partition coefficient (Wildman–Crippen LogP) is 2.68. The van der Waals surface area contributed by atoms with Gasteiger partial charge < -0.3 is 4.90 Å². The summed E-state index contributed by atoms with van der Waals surface area (Å²) in [6.45, 7) is 5.31. The van der Waals surface area contributed by atoms with E-state index in [1.54, 1.807) is 4.68 Å². The van der Waals surface area contributed by atoms with Gasteiger partial charge in [0.05, 0.1) is 11.4 Å². The highest BCUT2D eigenvalue weighted by molar-refractivity contribution is 5.94. The first-order chi connectivity index (χ1) is 13.0. The molecule has 1 aliphatic rings. The van der Waals surface area contributed by atoms with E-state index in [0.717, 1.165) is 35.4 Å². The summed E-state index contributed by atoms with van der Waals surface area (Å²) in [6.07, 6.45) is 1.63. The lowest BCUT2D eigenvalue weighted by molar-refractivity contribution is 0.0750. The lowest BCUT2D eigenvalue weighted by atomic mass is 10.0. The molecule has 0 saturated heterocycles. The minimum Gasteiger partial charge on any atom is -0.337 e. The lowest BCUT2D eigenvalue weighted by Gasteiger charge is -2.21. The molecular weight excluding hydrogens is 338 g/mol. The van der Waals surface area contributed by atoms with E-state index in [2.05, 4.69) is 17.2 Å². The smallest absolute Gasteiger partial charge is 0.272 e. The molecule has 0 fully saturated rings. The summed E-state index contributed by atoms with van der Waals surface area (Å²) in [5, 5.41) is 9.17. The summed E-state index contributed by atoms with van der Waals surface area (Å²) >= 11 is 0. The van der Waals surface area contributed by atoms with Gasteiger partial charge in [-0.05, 0) is 20.3 Å². The van der Waals surface area contributed by atoms with E-state index in [1.165, 1.54) is 11.3 Å². The third-order valence-electron chi connectivity index (χ3n) is 5.58. The molecular formula is C21H25N5O. The maximum Gasteiger partial charge on any atom is 0.272 e. The Kier molecular flexibility index (Phi) is 4.34. The van der Waals surface area contributed by atoms with E-state index in [1.807, 2.05) is 55.7 Å². The number of benzene rings is 1. The fourth-order valence-corrected chi connectivity index (χ4v) is 4.02. The number of carbonyl (C=O) groups excluding carboxylic acids is 1. The standard InChI is InChI=1S/C21H25N5O/c1-14-15(2)22-25(4)20(14)21(27)26-12-10-17-18(11-13-26)24(3)23-19(17)16-8-6-5-7-9-16/h5-9H,10-13H2,1-4H3. The SMILES string of the molecule is Cc1nn(C)c(C(=O)N2CCc3c(-c4ccccc4)nn(C)c3CC2)c1C. The van der Waals surface area contributed by atoms with E-state index >= 15 is 0 Å². The molecule has 3 aromatic rings. The van der Waals surface area contributed by atoms with Crippen LogP contribution in [0.15, 0.2) is 30.3 Å². The first-order valence-electron chi connectivity index (χ1n) is 9.37. The summed E-state index contributed by atoms with van der Waals surface area (Å²) in [4.78, 5) is 15.1. The monoisotopic (exact) mass is 363 g/mol. The highest BCUT2D eigenvalue weighted by Crippen LogP contribution is 2.28. The maximum absolute atomic E-state index is 13.2. The molecule has 0 bridgehead atoms. The number of aryl methyl sites for hydroxylation is 3. The first-order valence-corrected chi connectivity index (χ1v) is 9.37. The lowest BCUT2D eigenvalue weighted by Crippen LogP contribution is -2.35. The number of carbonyl (C=O) groups is 1. The van der Waals surface area contributed by atoms with Crippen LogP contribution in [0.4, 0.5) is 0 Å². The van der Waals surface area contributed by atoms with Crippen molar-refractivity contribution in [2.45, 2.75) is 26.7 Å². The van der Waals surface area contributed by atoms with Crippen molar-refractivity contribution >= 4 is 5.91 Å². The van der Waals surface area contributed by atoms with Crippen LogP contribution >= 0.6 is 0 Å². The van der Waals surface area contributed by atoms with Crippen LogP contribution in [-0.2, 0) is 26.9 Å². The van der Waals surface area contributed by atoms with Gasteiger partial charge in [-0.3, -0.25) is 14.2 Å². The van der Waals surface area contributed by atoms with E-state index in [-0.39, 0.29) is 5.91 Å². The maximum atomic E-state index is 13.2. The second-order valence-electron chi connectivity index (χ2n) is 7.24. The molecule has 0 N–H and O–H groups in total. The highest BCUT2D eigenvalue weighted by Gasteiger charge is 2.27. The molecule has 6 nitrogen and oxygen atoms in total. The molecule has 0 unspecified atom stereocenters. The second kappa shape index (κ2) is 6.68. The average Bonchev–Trinajstić information content (AvgIpc) is 2.99. The number of aromatic nitrogens is 4. The summed E-state index contributed by atoms with van der Waals surface area (Å²) in [7, 11) is 3.84. The fourth-order valence-electron chi connectivity index (χ4n) is 4.02. The van der Waals surface area contributed by atoms with Crippen molar-refractivity contribution in [3.63, 3.8) is 0 Å². The van der Waals surface area contributed by atoms with Gasteiger partial charge in [-0.15, -0.1) is 0 Å². The average molecular weight is 363 g/mol. The summed E-state index contributed by atoms with van der Waals surface area (Å²) in [5.74, 6) is 0.0672. The molecule has 1 aliphatic heterocycles. The molecule has 27 heavy (non-hydrogen) atoms. The molecule has 0 spiro atoms. The molecule has 0 radical (unpaired) electrons. The van der Waals surface area contributed by atoms with Crippen LogP contribution in [0.5, 0.6) is 0 Å². The van der Waals surface area contributed by atoms with Crippen LogP contribution in [-0.4, -0.2) is 43.5 Å². The van der Waals surface area contributed by atoms with Crippen LogP contribution in [0.2, 0.25) is 0 Å². The molecule has 0 saturated carbocycles. The number of fused-ring (bicyclic) bond motifs is 1. The Morgan fingerprint density at radius 2 is 1.67 bits per heavy atom. The molecule has 1 aromatic carbocycles. The quantitative estimate of drug-likeness (QED) is 0.703. The zero-order valence-corrected chi connectivity index (χ0v) is 16.4. The van der Waals surface area contributed by atoms with Gasteiger partial charge in [0.2, 0.25) is 0 Å². The predicted molar refractivity (Wildman–Crippen MR) is 105 cm³/mol. The van der Waals surface area contributed by atoms with Crippen molar-refractivity contribution in [2.75, 3.05) is 13.1 Å². The largest absolute Gasteiger partial charge is 0.337 e. The van der Waals surface area contributed by atoms with Gasteiger partial charge in [0.1, 0.15) is 5.69 Å². The van der Waals surface area contributed by atoms with Gasteiger partial charge >= 0.3 is 0 Å². The van der Waals surface area contributed by atoms with Gasteiger partial charge in [0.25, 0.3) is 5.91 Å². The number of amides is 1. The van der Waals surface area contributed by atoms with Crippen molar-refractivity contribution < 1.29 is 4.79 Å². The van der Waals surface area contributed by atoms with E-state index in [9.17, 15) is 4.79 Å². The Morgan fingerprint density at radius 3 is 2.33 bits per heavy atom. The molecule has 0 atom stereocenters. The minimum atomic E-state index is 0.0672. The van der Waals surface area contributed by atoms with Crippen LogP contribution in [0.25, 0.3) is 11.3 Å². The fraction of sp³-hybridized carbons (Fsp3) is 0.381. The van der Waals surface area contributed by atoms with Crippen LogP contribution in [0.1, 0.15) is 33.0 Å². The van der Waals surface area contributed by atoms with Crippen molar-refractivity contribution in [3.8, 4) is 11.3 Å². The molecule has 3 heterocycles. The van der Waals surface area contributed by atoms with Crippen molar-refractivity contribution in [1.82, 2.24) is 24.5 Å². The molecule has 4 rings (SSSR count). The second-order valence-corrected chi connectivity index (χ2v) is 7.24. The molecule has 0 aliphatic carbocycles. The number of nitrogens with zero attached hydrogens (tertiary/aromatic N) is 5. The van der Waals surface area contributed by atoms with E-state index in [4.69, 9.17) is 5.10 Å². The number of hydrogen-bond donors (Lipinski definition) is 0. The highest BCUT2D eigenvalue weighted by atomic mass is 16.2. The minimum absolute atomic E-state index is 0.0672. The van der Waals surface area contributed by atoms with E-state index in [0.29, 0.717) is 18.8 Å². The summed E-state index contributed by atoms with van der Waals surface area (Å²) in [5.41, 5.74) is 7.23. The third kappa shape index (κ3) is 2.95. The zero-order valence-electron chi connectivity index (χ0n) is 16.4. The summed E-state index contributed by atoms with van der Waals surface area (Å²) in [6, 6.07) is 10.3. The van der Waals surface area contributed by atoms with Gasteiger partial charge in [0.15, 0.2) is 0 Å². The van der Waals surface area contributed by atoms with Crippen LogP contribution < -0.4 is 0 Å². The van der Waals surface area contributed by atoms with Crippen LogP contribution in [0.3, 0.4) is 0 Å². The third-order valence-corrected chi connectivity index (χ3v) is 5.58. The van der Waals surface area contributed by atoms with Crippen molar-refractivity contribution in [2.24, 2.45) is 14.1 Å². The van der Waals surface area contributed by atoms with Crippen molar-refractivity contribution in [3.05, 3.63) is 58.5 Å². The Bertz CT molecular complexity index is 1000. The number of rotatable bonds is 2. The van der Waals surface area contributed by atoms with Gasteiger partial charge in [-0.2, -0.15) is 10.2 Å². The summed E-state index contributed by atoms with van der Waals surface area (Å²) < 4.78 is 3.69. The molecule has 2 aromatic heterocycles. The first kappa shape index (κ1) is 17.5. The molecule has 1 amide bonds. The molecule has 6 heteroatoms. The van der Waals surface area contributed by atoms with E-state index < -0.39 is 0 Å².